The molecule has 22 heavy (non-hydrogen) atoms. The molecule has 2 aromatic rings. The molecular weight excluding hydrogens is 276 g/mol. The van der Waals surface area contributed by atoms with E-state index in [-0.39, 0.29) is 11.9 Å². The van der Waals surface area contributed by atoms with E-state index in [0.29, 0.717) is 12.5 Å². The first-order valence-electron chi connectivity index (χ1n) is 7.87. The Morgan fingerprint density at radius 1 is 1.18 bits per heavy atom. The van der Waals surface area contributed by atoms with Crippen molar-refractivity contribution in [2.45, 2.75) is 18.9 Å². The highest BCUT2D eigenvalue weighted by Gasteiger charge is 2.42. The van der Waals surface area contributed by atoms with Crippen molar-refractivity contribution < 1.29 is 4.79 Å². The van der Waals surface area contributed by atoms with Gasteiger partial charge in [0.05, 0.1) is 5.69 Å². The third-order valence-corrected chi connectivity index (χ3v) is 4.87. The van der Waals surface area contributed by atoms with Crippen LogP contribution in [0, 0.1) is 11.8 Å². The van der Waals surface area contributed by atoms with Crippen molar-refractivity contribution in [3.63, 3.8) is 0 Å². The lowest BCUT2D eigenvalue weighted by Gasteiger charge is -2.16. The maximum absolute atomic E-state index is 12.6. The molecule has 1 aliphatic heterocycles. The number of rotatable bonds is 3. The summed E-state index contributed by atoms with van der Waals surface area (Å²) in [6.45, 7) is 1.50. The van der Waals surface area contributed by atoms with Gasteiger partial charge in [0.25, 0.3) is 5.91 Å². The van der Waals surface area contributed by atoms with Crippen LogP contribution in [0.4, 0.5) is 0 Å². The number of benzene rings is 1. The molecule has 2 fully saturated rings. The zero-order chi connectivity index (χ0) is 15.1. The molecule has 1 aliphatic carbocycles. The van der Waals surface area contributed by atoms with Crippen LogP contribution in [-0.4, -0.2) is 40.1 Å². The van der Waals surface area contributed by atoms with E-state index in [2.05, 4.69) is 10.2 Å². The fourth-order valence-corrected chi connectivity index (χ4v) is 3.43. The molecule has 3 N–H and O–H groups in total. The monoisotopic (exact) mass is 296 g/mol. The smallest absolute Gasteiger partial charge is 0.253 e. The van der Waals surface area contributed by atoms with Crippen LogP contribution in [0.2, 0.25) is 0 Å². The van der Waals surface area contributed by atoms with Crippen LogP contribution in [0.15, 0.2) is 36.5 Å². The Morgan fingerprint density at radius 3 is 2.59 bits per heavy atom. The van der Waals surface area contributed by atoms with Crippen molar-refractivity contribution in [2.75, 3.05) is 13.1 Å². The van der Waals surface area contributed by atoms with Gasteiger partial charge < -0.3 is 10.6 Å². The minimum Gasteiger partial charge on any atom is -0.337 e. The van der Waals surface area contributed by atoms with Crippen molar-refractivity contribution in [3.8, 4) is 11.3 Å². The maximum Gasteiger partial charge on any atom is 0.253 e. The number of carbonyl (C=O) groups excluding carboxylic acids is 1. The minimum absolute atomic E-state index is 0.0924. The Labute approximate surface area is 129 Å². The zero-order valence-electron chi connectivity index (χ0n) is 12.4. The summed E-state index contributed by atoms with van der Waals surface area (Å²) in [5, 5.41) is 6.87. The molecule has 1 saturated heterocycles. The number of hydrogen-bond acceptors (Lipinski definition) is 3. The highest BCUT2D eigenvalue weighted by molar-refractivity contribution is 5.95. The lowest BCUT2D eigenvalue weighted by molar-refractivity contribution is 0.0785. The number of H-pyrrole nitrogens is 1. The quantitative estimate of drug-likeness (QED) is 0.908. The van der Waals surface area contributed by atoms with Crippen molar-refractivity contribution >= 4 is 5.91 Å². The van der Waals surface area contributed by atoms with Gasteiger partial charge in [-0.15, -0.1) is 0 Å². The van der Waals surface area contributed by atoms with Crippen molar-refractivity contribution in [3.05, 3.63) is 42.1 Å². The SMILES string of the molecule is N[C@H]1CN(C(=O)c2ccc(-c3ccn[nH]3)cc2)C[C@@H]1C1CC1. The molecule has 5 heteroatoms. The molecule has 0 radical (unpaired) electrons. The number of aromatic nitrogens is 2. The fourth-order valence-electron chi connectivity index (χ4n) is 3.43. The highest BCUT2D eigenvalue weighted by atomic mass is 16.2. The van der Waals surface area contributed by atoms with Crippen molar-refractivity contribution in [1.82, 2.24) is 15.1 Å². The molecule has 1 aromatic heterocycles. The molecule has 0 bridgehead atoms. The number of aromatic amines is 1. The van der Waals surface area contributed by atoms with Gasteiger partial charge in [0.1, 0.15) is 0 Å². The topological polar surface area (TPSA) is 75.0 Å². The molecule has 0 spiro atoms. The second-order valence-corrected chi connectivity index (χ2v) is 6.42. The lowest BCUT2D eigenvalue weighted by atomic mass is 9.99. The molecule has 5 nitrogen and oxygen atoms in total. The first-order valence-corrected chi connectivity index (χ1v) is 7.87. The van der Waals surface area contributed by atoms with E-state index < -0.39 is 0 Å². The molecule has 2 atom stereocenters. The molecular formula is C17H20N4O. The number of hydrogen-bond donors (Lipinski definition) is 2. The summed E-state index contributed by atoms with van der Waals surface area (Å²) in [7, 11) is 0. The molecule has 1 saturated carbocycles. The van der Waals surface area contributed by atoms with Crippen LogP contribution in [0.5, 0.6) is 0 Å². The average Bonchev–Trinajstić information content (AvgIpc) is 3.09. The molecule has 2 aliphatic rings. The molecule has 2 heterocycles. The number of nitrogens with two attached hydrogens (primary N) is 1. The van der Waals surface area contributed by atoms with Gasteiger partial charge in [-0.25, -0.2) is 0 Å². The Morgan fingerprint density at radius 2 is 1.95 bits per heavy atom. The van der Waals surface area contributed by atoms with Crippen LogP contribution >= 0.6 is 0 Å². The standard InChI is InChI=1S/C17H20N4O/c18-15-10-21(9-14(15)11-1-2-11)17(22)13-5-3-12(4-6-13)16-7-8-19-20-16/h3-8,11,14-15H,1-2,9-10,18H2,(H,19,20)/t14-,15+/m1/s1. The Kier molecular flexibility index (Phi) is 3.22. The number of amides is 1. The number of carbonyl (C=O) groups is 1. The third-order valence-electron chi connectivity index (χ3n) is 4.87. The molecule has 114 valence electrons. The molecule has 4 rings (SSSR count). The van der Waals surface area contributed by atoms with E-state index in [1.54, 1.807) is 6.20 Å². The summed E-state index contributed by atoms with van der Waals surface area (Å²) in [4.78, 5) is 14.5. The molecule has 1 aromatic carbocycles. The summed E-state index contributed by atoms with van der Waals surface area (Å²) in [6.07, 6.45) is 4.27. The number of likely N-dealkylation sites (tertiary alicyclic amines) is 1. The second-order valence-electron chi connectivity index (χ2n) is 6.42. The van der Waals surface area contributed by atoms with Crippen LogP contribution in [-0.2, 0) is 0 Å². The predicted octanol–water partition coefficient (Wildman–Crippen LogP) is 1.89. The Balaban J connectivity index is 1.48. The van der Waals surface area contributed by atoms with Gasteiger partial charge in [-0.3, -0.25) is 9.89 Å². The normalized spacial score (nSPS) is 24.7. The molecule has 1 amide bonds. The number of nitrogens with zero attached hydrogens (tertiary/aromatic N) is 2. The van der Waals surface area contributed by atoms with E-state index in [1.165, 1.54) is 12.8 Å². The predicted molar refractivity (Wildman–Crippen MR) is 84.1 cm³/mol. The first-order chi connectivity index (χ1) is 10.7. The largest absolute Gasteiger partial charge is 0.337 e. The zero-order valence-corrected chi connectivity index (χ0v) is 12.4. The van der Waals surface area contributed by atoms with Gasteiger partial charge >= 0.3 is 0 Å². The van der Waals surface area contributed by atoms with Crippen LogP contribution in [0.25, 0.3) is 11.3 Å². The van der Waals surface area contributed by atoms with Crippen molar-refractivity contribution in [2.24, 2.45) is 17.6 Å². The highest BCUT2D eigenvalue weighted by Crippen LogP contribution is 2.41. The summed E-state index contributed by atoms with van der Waals surface area (Å²) in [5.74, 6) is 1.33. The van der Waals surface area contributed by atoms with Crippen molar-refractivity contribution in [1.29, 1.82) is 0 Å². The van der Waals surface area contributed by atoms with Gasteiger partial charge in [0.2, 0.25) is 0 Å². The van der Waals surface area contributed by atoms with E-state index in [1.807, 2.05) is 35.2 Å². The Bertz CT molecular complexity index is 660. The maximum atomic E-state index is 12.6. The van der Waals surface area contributed by atoms with Gasteiger partial charge in [-0.2, -0.15) is 5.10 Å². The number of nitrogens with one attached hydrogen (secondary N) is 1. The minimum atomic E-state index is 0.0924. The lowest BCUT2D eigenvalue weighted by Crippen LogP contribution is -2.32. The van der Waals surface area contributed by atoms with Crippen LogP contribution < -0.4 is 5.73 Å². The van der Waals surface area contributed by atoms with E-state index in [0.717, 1.165) is 29.3 Å². The summed E-state index contributed by atoms with van der Waals surface area (Å²) >= 11 is 0. The van der Waals surface area contributed by atoms with Gasteiger partial charge in [-0.05, 0) is 48.4 Å². The molecule has 0 unspecified atom stereocenters. The Hall–Kier alpha value is -2.14. The van der Waals surface area contributed by atoms with Crippen LogP contribution in [0.3, 0.4) is 0 Å². The summed E-state index contributed by atoms with van der Waals surface area (Å²) in [5.41, 5.74) is 8.92. The fraction of sp³-hybridized carbons (Fsp3) is 0.412. The van der Waals surface area contributed by atoms with E-state index in [9.17, 15) is 4.79 Å². The summed E-state index contributed by atoms with van der Waals surface area (Å²) in [6, 6.07) is 9.73. The second kappa shape index (κ2) is 5.25. The van der Waals surface area contributed by atoms with Gasteiger partial charge in [0, 0.05) is 30.9 Å². The van der Waals surface area contributed by atoms with Gasteiger partial charge in [-0.1, -0.05) is 12.1 Å². The average molecular weight is 296 g/mol. The first kappa shape index (κ1) is 13.5. The van der Waals surface area contributed by atoms with Crippen LogP contribution in [0.1, 0.15) is 23.2 Å². The third kappa shape index (κ3) is 2.41. The van der Waals surface area contributed by atoms with Gasteiger partial charge in [0.15, 0.2) is 0 Å². The van der Waals surface area contributed by atoms with E-state index >= 15 is 0 Å². The summed E-state index contributed by atoms with van der Waals surface area (Å²) < 4.78 is 0. The van der Waals surface area contributed by atoms with E-state index in [4.69, 9.17) is 5.73 Å².